The summed E-state index contributed by atoms with van der Waals surface area (Å²) in [5.41, 5.74) is 2.19. The summed E-state index contributed by atoms with van der Waals surface area (Å²) in [6.45, 7) is 7.37. The van der Waals surface area contributed by atoms with E-state index >= 15 is 4.39 Å². The van der Waals surface area contributed by atoms with Crippen LogP contribution in [-0.4, -0.2) is 86.0 Å². The summed E-state index contributed by atoms with van der Waals surface area (Å²) >= 11 is 12.8. The zero-order valence-corrected chi connectivity index (χ0v) is 29.3. The molecule has 0 bridgehead atoms. The predicted octanol–water partition coefficient (Wildman–Crippen LogP) is 5.17. The Morgan fingerprint density at radius 3 is 2.46 bits per heavy atom. The maximum absolute atomic E-state index is 15.4. The van der Waals surface area contributed by atoms with Crippen LogP contribution >= 0.6 is 23.2 Å². The topological polar surface area (TPSA) is 105 Å². The van der Waals surface area contributed by atoms with Crippen molar-refractivity contribution in [2.45, 2.75) is 50.1 Å². The predicted molar refractivity (Wildman–Crippen MR) is 189 cm³/mol. The van der Waals surface area contributed by atoms with E-state index in [2.05, 4.69) is 20.2 Å². The summed E-state index contributed by atoms with van der Waals surface area (Å²) < 4.78 is 37.2. The summed E-state index contributed by atoms with van der Waals surface area (Å²) in [5, 5.41) is 12.8. The first-order chi connectivity index (χ1) is 24.2. The number of ether oxygens (including phenoxy) is 3. The molecule has 2 fully saturated rings. The Morgan fingerprint density at radius 1 is 1.04 bits per heavy atom. The Bertz CT molecular complexity index is 1890. The summed E-state index contributed by atoms with van der Waals surface area (Å²) in [7, 11) is 0. The standard InChI is InChI=1S/C35H39Cl2FN8O4/c1-3-24(2)46-34(47)44(23-41-46)27-7-5-26(6-8-27)42-14-16-43(17-15-42)33-11-9-28(19-32(33)38)48-20-29-21-49-35(50-29,22-45-39-12-13-40-45)30-10-4-25(36)18-31(30)37/h4-13,18-19,23-24,29-31H,3,14-17,20-22H2,1-2H3/t24?,29-,30?,31?,35-/m1/s1. The number of hydrogen-bond donors (Lipinski definition) is 0. The monoisotopic (exact) mass is 724 g/mol. The Hall–Kier alpha value is -4.17. The third-order valence-corrected chi connectivity index (χ3v) is 10.2. The van der Waals surface area contributed by atoms with Gasteiger partial charge in [-0.25, -0.2) is 18.4 Å². The molecule has 0 N–H and O–H groups in total. The van der Waals surface area contributed by atoms with Gasteiger partial charge in [-0.1, -0.05) is 24.6 Å². The second-order valence-electron chi connectivity index (χ2n) is 12.7. The van der Waals surface area contributed by atoms with E-state index in [9.17, 15) is 4.79 Å². The average molecular weight is 726 g/mol. The largest absolute Gasteiger partial charge is 0.491 e. The maximum Gasteiger partial charge on any atom is 0.350 e. The maximum atomic E-state index is 15.4. The van der Waals surface area contributed by atoms with Crippen LogP contribution in [0.2, 0.25) is 0 Å². The Morgan fingerprint density at radius 2 is 1.76 bits per heavy atom. The molecule has 50 heavy (non-hydrogen) atoms. The SMILES string of the molecule is CCC(C)n1ncn(-c2ccc(N3CCN(c4ccc(OC[C@@H]5CO[C@@](Cn6nccn6)(C6C=CC(Cl)=CC6Cl)O5)cc4F)CC3)cc2)c1=O. The van der Waals surface area contributed by atoms with E-state index in [-0.39, 0.29) is 43.2 Å². The molecule has 4 aromatic rings. The van der Waals surface area contributed by atoms with E-state index in [4.69, 9.17) is 37.4 Å². The molecule has 3 aliphatic rings. The van der Waals surface area contributed by atoms with Gasteiger partial charge in [-0.2, -0.15) is 20.1 Å². The van der Waals surface area contributed by atoms with Gasteiger partial charge in [-0.3, -0.25) is 0 Å². The van der Waals surface area contributed by atoms with Crippen molar-refractivity contribution in [2.75, 3.05) is 49.2 Å². The molecule has 264 valence electrons. The molecule has 2 aromatic heterocycles. The number of anilines is 2. The first-order valence-electron chi connectivity index (χ1n) is 16.8. The van der Waals surface area contributed by atoms with Crippen LogP contribution < -0.4 is 20.2 Å². The van der Waals surface area contributed by atoms with Gasteiger partial charge >= 0.3 is 5.69 Å². The molecule has 12 nitrogen and oxygen atoms in total. The van der Waals surface area contributed by atoms with Crippen LogP contribution in [0.25, 0.3) is 5.69 Å². The molecule has 0 radical (unpaired) electrons. The van der Waals surface area contributed by atoms with Crippen LogP contribution in [0, 0.1) is 11.7 Å². The van der Waals surface area contributed by atoms with Gasteiger partial charge in [0.05, 0.1) is 47.7 Å². The molecule has 4 heterocycles. The average Bonchev–Trinajstić information content (AvgIpc) is 3.88. The number of rotatable bonds is 11. The highest BCUT2D eigenvalue weighted by Gasteiger charge is 2.51. The molecular formula is C35H39Cl2FN8O4. The molecule has 15 heteroatoms. The molecule has 2 aliphatic heterocycles. The van der Waals surface area contributed by atoms with E-state index in [1.54, 1.807) is 47.6 Å². The third-order valence-electron chi connectivity index (χ3n) is 9.51. The summed E-state index contributed by atoms with van der Waals surface area (Å²) in [6, 6.07) is 12.9. The Kier molecular flexibility index (Phi) is 10.0. The second kappa shape index (κ2) is 14.6. The van der Waals surface area contributed by atoms with Crippen molar-refractivity contribution in [1.29, 1.82) is 0 Å². The quantitative estimate of drug-likeness (QED) is 0.194. The van der Waals surface area contributed by atoms with Crippen molar-refractivity contribution in [3.63, 3.8) is 0 Å². The molecule has 5 atom stereocenters. The van der Waals surface area contributed by atoms with Crippen LogP contribution in [0.15, 0.2) is 89.2 Å². The van der Waals surface area contributed by atoms with E-state index < -0.39 is 17.3 Å². The molecule has 0 spiro atoms. The second-order valence-corrected chi connectivity index (χ2v) is 13.6. The van der Waals surface area contributed by atoms with Crippen molar-refractivity contribution >= 4 is 34.6 Å². The minimum Gasteiger partial charge on any atom is -0.491 e. The summed E-state index contributed by atoms with van der Waals surface area (Å²) in [4.78, 5) is 18.6. The van der Waals surface area contributed by atoms with Crippen molar-refractivity contribution in [1.82, 2.24) is 29.3 Å². The fourth-order valence-corrected chi connectivity index (χ4v) is 7.26. The lowest BCUT2D eigenvalue weighted by molar-refractivity contribution is -0.207. The van der Waals surface area contributed by atoms with Gasteiger partial charge in [0.1, 0.15) is 37.1 Å². The number of halogens is 3. The molecule has 2 aromatic carbocycles. The molecular weight excluding hydrogens is 686 g/mol. The number of benzene rings is 2. The van der Waals surface area contributed by atoms with Crippen molar-refractivity contribution in [3.05, 3.63) is 101 Å². The van der Waals surface area contributed by atoms with Crippen LogP contribution in [0.3, 0.4) is 0 Å². The van der Waals surface area contributed by atoms with Crippen molar-refractivity contribution in [3.8, 4) is 11.4 Å². The van der Waals surface area contributed by atoms with Crippen LogP contribution in [0.1, 0.15) is 26.3 Å². The lowest BCUT2D eigenvalue weighted by Crippen LogP contribution is -2.47. The molecule has 0 saturated carbocycles. The van der Waals surface area contributed by atoms with Crippen molar-refractivity contribution in [2.24, 2.45) is 5.92 Å². The first kappa shape index (κ1) is 34.3. The highest BCUT2D eigenvalue weighted by Crippen LogP contribution is 2.40. The first-order valence-corrected chi connectivity index (χ1v) is 17.6. The fourth-order valence-electron chi connectivity index (χ4n) is 6.58. The molecule has 1 aliphatic carbocycles. The van der Waals surface area contributed by atoms with Gasteiger partial charge in [-0.15, -0.1) is 11.6 Å². The van der Waals surface area contributed by atoms with Gasteiger partial charge in [0.25, 0.3) is 0 Å². The van der Waals surface area contributed by atoms with E-state index in [0.29, 0.717) is 29.6 Å². The smallest absolute Gasteiger partial charge is 0.350 e. The number of allylic oxidation sites excluding steroid dienone is 3. The zero-order chi connectivity index (χ0) is 34.8. The van der Waals surface area contributed by atoms with Crippen LogP contribution in [-0.2, 0) is 16.0 Å². The van der Waals surface area contributed by atoms with Crippen LogP contribution in [0.5, 0.6) is 5.75 Å². The number of hydrogen-bond acceptors (Lipinski definition) is 9. The van der Waals surface area contributed by atoms with E-state index in [0.717, 1.165) is 30.9 Å². The van der Waals surface area contributed by atoms with Gasteiger partial charge < -0.3 is 24.0 Å². The lowest BCUT2D eigenvalue weighted by Gasteiger charge is -2.37. The zero-order valence-electron chi connectivity index (χ0n) is 27.8. The molecule has 3 unspecified atom stereocenters. The Labute approximate surface area is 299 Å². The molecule has 7 rings (SSSR count). The summed E-state index contributed by atoms with van der Waals surface area (Å²) in [6.07, 6.45) is 10.5. The lowest BCUT2D eigenvalue weighted by atomic mass is 9.90. The van der Waals surface area contributed by atoms with Gasteiger partial charge in [0.15, 0.2) is 5.79 Å². The Balaban J connectivity index is 0.938. The van der Waals surface area contributed by atoms with Crippen molar-refractivity contribution < 1.29 is 18.6 Å². The number of aromatic nitrogens is 6. The van der Waals surface area contributed by atoms with E-state index in [1.807, 2.05) is 49.1 Å². The number of alkyl halides is 1. The minimum absolute atomic E-state index is 0.0377. The van der Waals surface area contributed by atoms with Crippen LogP contribution in [0.4, 0.5) is 15.8 Å². The fraction of sp³-hybridized carbons (Fsp3) is 0.429. The highest BCUT2D eigenvalue weighted by molar-refractivity contribution is 6.32. The van der Waals surface area contributed by atoms with E-state index in [1.165, 1.54) is 15.5 Å². The van der Waals surface area contributed by atoms with Gasteiger partial charge in [-0.05, 0) is 61.9 Å². The minimum atomic E-state index is -1.14. The molecule has 2 saturated heterocycles. The number of nitrogens with zero attached hydrogens (tertiary/aromatic N) is 8. The number of piperazine rings is 1. The highest BCUT2D eigenvalue weighted by atomic mass is 35.5. The third kappa shape index (κ3) is 7.05. The van der Waals surface area contributed by atoms with Gasteiger partial charge in [0.2, 0.25) is 0 Å². The molecule has 0 amide bonds. The van der Waals surface area contributed by atoms with Gasteiger partial charge in [0, 0.05) is 43.0 Å². The normalized spacial score (nSPS) is 24.4. The summed E-state index contributed by atoms with van der Waals surface area (Å²) in [5.74, 6) is -1.45.